The number of pyridine rings is 1. The summed E-state index contributed by atoms with van der Waals surface area (Å²) in [5, 5.41) is 2.88. The van der Waals surface area contributed by atoms with Gasteiger partial charge in [0.1, 0.15) is 5.65 Å². The molecule has 0 radical (unpaired) electrons. The summed E-state index contributed by atoms with van der Waals surface area (Å²) in [6, 6.07) is 7.01. The Bertz CT molecular complexity index is 711. The van der Waals surface area contributed by atoms with Crippen molar-refractivity contribution >= 4 is 11.6 Å². The summed E-state index contributed by atoms with van der Waals surface area (Å²) in [5.74, 6) is 0.0119. The van der Waals surface area contributed by atoms with Crippen LogP contribution in [0.5, 0.6) is 0 Å². The first-order chi connectivity index (χ1) is 11.1. The highest BCUT2D eigenvalue weighted by molar-refractivity contribution is 5.77. The van der Waals surface area contributed by atoms with Gasteiger partial charge in [-0.1, -0.05) is 19.9 Å². The van der Waals surface area contributed by atoms with E-state index in [4.69, 9.17) is 0 Å². The molecule has 1 amide bonds. The molecular weight excluding hydrogens is 292 g/mol. The number of amides is 1. The average molecular weight is 316 g/mol. The normalized spacial score (nSPS) is 11.1. The van der Waals surface area contributed by atoms with Crippen LogP contribution in [0.25, 0.3) is 5.65 Å². The highest BCUT2D eigenvalue weighted by Crippen LogP contribution is 2.04. The molecule has 0 aliphatic carbocycles. The van der Waals surface area contributed by atoms with E-state index in [2.05, 4.69) is 17.2 Å². The molecule has 23 heavy (non-hydrogen) atoms. The van der Waals surface area contributed by atoms with E-state index < -0.39 is 0 Å². The van der Waals surface area contributed by atoms with Crippen molar-refractivity contribution in [2.45, 2.75) is 33.2 Å². The van der Waals surface area contributed by atoms with Gasteiger partial charge in [-0.2, -0.15) is 0 Å². The molecule has 2 heterocycles. The van der Waals surface area contributed by atoms with Crippen LogP contribution in [-0.2, 0) is 11.3 Å². The molecule has 124 valence electrons. The van der Waals surface area contributed by atoms with Crippen molar-refractivity contribution in [3.05, 3.63) is 46.5 Å². The number of rotatable bonds is 8. The monoisotopic (exact) mass is 316 g/mol. The predicted molar refractivity (Wildman–Crippen MR) is 90.3 cm³/mol. The lowest BCUT2D eigenvalue weighted by atomic mass is 10.3. The van der Waals surface area contributed by atoms with Crippen LogP contribution in [0, 0.1) is 0 Å². The third-order valence-corrected chi connectivity index (χ3v) is 3.49. The van der Waals surface area contributed by atoms with Crippen LogP contribution in [0.3, 0.4) is 0 Å². The fourth-order valence-electron chi connectivity index (χ4n) is 2.47. The summed E-state index contributed by atoms with van der Waals surface area (Å²) in [6.07, 6.45) is 3.56. The molecular formula is C17H24N4O2. The molecule has 0 unspecified atom stereocenters. The number of hydrogen-bond donors (Lipinski definition) is 1. The second kappa shape index (κ2) is 8.43. The number of hydrogen-bond acceptors (Lipinski definition) is 4. The molecule has 0 atom stereocenters. The van der Waals surface area contributed by atoms with Crippen molar-refractivity contribution in [3.8, 4) is 0 Å². The Morgan fingerprint density at radius 3 is 2.87 bits per heavy atom. The summed E-state index contributed by atoms with van der Waals surface area (Å²) < 4.78 is 1.52. The van der Waals surface area contributed by atoms with Gasteiger partial charge in [0.05, 0.1) is 12.2 Å². The van der Waals surface area contributed by atoms with Crippen LogP contribution < -0.4 is 10.9 Å². The van der Waals surface area contributed by atoms with E-state index in [1.807, 2.05) is 24.0 Å². The molecule has 6 heteroatoms. The van der Waals surface area contributed by atoms with Gasteiger partial charge in [0, 0.05) is 25.4 Å². The molecule has 0 aromatic carbocycles. The fourth-order valence-corrected chi connectivity index (χ4v) is 2.47. The minimum absolute atomic E-state index is 0.0119. The lowest BCUT2D eigenvalue weighted by molar-refractivity contribution is -0.122. The molecule has 2 rings (SSSR count). The molecule has 6 nitrogen and oxygen atoms in total. The lowest BCUT2D eigenvalue weighted by Crippen LogP contribution is -2.38. The summed E-state index contributed by atoms with van der Waals surface area (Å²) in [7, 11) is 0. The minimum Gasteiger partial charge on any atom is -0.355 e. The fraction of sp³-hybridized carbons (Fsp3) is 0.471. The van der Waals surface area contributed by atoms with Gasteiger partial charge < -0.3 is 5.32 Å². The Labute approximate surface area is 136 Å². The first kappa shape index (κ1) is 17.1. The number of fused-ring (bicyclic) bond motifs is 1. The zero-order valence-corrected chi connectivity index (χ0v) is 13.8. The molecule has 1 N–H and O–H groups in total. The SMILES string of the molecule is CCCNC(=O)CN(CCC)Cc1cc(=O)n2ccccc2n1. The van der Waals surface area contributed by atoms with Crippen molar-refractivity contribution in [1.82, 2.24) is 19.6 Å². The number of nitrogens with one attached hydrogen (secondary N) is 1. The highest BCUT2D eigenvalue weighted by Gasteiger charge is 2.12. The van der Waals surface area contributed by atoms with E-state index in [0.717, 1.165) is 19.4 Å². The maximum Gasteiger partial charge on any atom is 0.258 e. The van der Waals surface area contributed by atoms with Crippen molar-refractivity contribution < 1.29 is 4.79 Å². The van der Waals surface area contributed by atoms with Gasteiger partial charge in [0.15, 0.2) is 0 Å². The molecule has 0 bridgehead atoms. The average Bonchev–Trinajstić information content (AvgIpc) is 2.53. The summed E-state index contributed by atoms with van der Waals surface area (Å²) in [4.78, 5) is 30.6. The summed E-state index contributed by atoms with van der Waals surface area (Å²) in [5.41, 5.74) is 1.22. The zero-order valence-electron chi connectivity index (χ0n) is 13.8. The Balaban J connectivity index is 2.13. The number of carbonyl (C=O) groups is 1. The molecule has 0 fully saturated rings. The standard InChI is InChI=1S/C17H24N4O2/c1-3-8-18-16(22)13-20(9-4-2)12-14-11-17(23)21-10-6-5-7-15(21)19-14/h5-7,10-11H,3-4,8-9,12-13H2,1-2H3,(H,18,22). The third-order valence-electron chi connectivity index (χ3n) is 3.49. The molecule has 0 aliphatic heterocycles. The van der Waals surface area contributed by atoms with Crippen LogP contribution in [-0.4, -0.2) is 39.8 Å². The number of aromatic nitrogens is 2. The third kappa shape index (κ3) is 4.89. The van der Waals surface area contributed by atoms with E-state index in [0.29, 0.717) is 31.0 Å². The smallest absolute Gasteiger partial charge is 0.258 e. The van der Waals surface area contributed by atoms with Crippen LogP contribution >= 0.6 is 0 Å². The van der Waals surface area contributed by atoms with Gasteiger partial charge in [0.2, 0.25) is 5.91 Å². The Hall–Kier alpha value is -2.21. The summed E-state index contributed by atoms with van der Waals surface area (Å²) in [6.45, 7) is 6.39. The van der Waals surface area contributed by atoms with E-state index in [-0.39, 0.29) is 11.5 Å². The van der Waals surface area contributed by atoms with E-state index in [1.54, 1.807) is 18.3 Å². The van der Waals surface area contributed by atoms with Gasteiger partial charge in [-0.25, -0.2) is 4.98 Å². The zero-order chi connectivity index (χ0) is 16.7. The topological polar surface area (TPSA) is 66.7 Å². The van der Waals surface area contributed by atoms with Crippen molar-refractivity contribution in [1.29, 1.82) is 0 Å². The molecule has 2 aromatic heterocycles. The van der Waals surface area contributed by atoms with E-state index in [1.165, 1.54) is 4.40 Å². The molecule has 0 spiro atoms. The second-order valence-corrected chi connectivity index (χ2v) is 5.58. The van der Waals surface area contributed by atoms with E-state index in [9.17, 15) is 9.59 Å². The van der Waals surface area contributed by atoms with Crippen LogP contribution in [0.1, 0.15) is 32.4 Å². The highest BCUT2D eigenvalue weighted by atomic mass is 16.2. The maximum atomic E-state index is 12.1. The first-order valence-electron chi connectivity index (χ1n) is 8.10. The van der Waals surface area contributed by atoms with Gasteiger partial charge in [0.25, 0.3) is 5.56 Å². The van der Waals surface area contributed by atoms with Gasteiger partial charge in [-0.3, -0.25) is 18.9 Å². The molecule has 0 saturated carbocycles. The molecule has 0 aliphatic rings. The van der Waals surface area contributed by atoms with Crippen LogP contribution in [0.4, 0.5) is 0 Å². The Kier molecular flexibility index (Phi) is 6.29. The van der Waals surface area contributed by atoms with Gasteiger partial charge >= 0.3 is 0 Å². The first-order valence-corrected chi connectivity index (χ1v) is 8.10. The van der Waals surface area contributed by atoms with Gasteiger partial charge in [-0.15, -0.1) is 0 Å². The quantitative estimate of drug-likeness (QED) is 0.800. The predicted octanol–water partition coefficient (Wildman–Crippen LogP) is 1.43. The summed E-state index contributed by atoms with van der Waals surface area (Å²) >= 11 is 0. The van der Waals surface area contributed by atoms with E-state index >= 15 is 0 Å². The largest absolute Gasteiger partial charge is 0.355 e. The van der Waals surface area contributed by atoms with Crippen molar-refractivity contribution in [2.24, 2.45) is 0 Å². The second-order valence-electron chi connectivity index (χ2n) is 5.58. The number of carbonyl (C=O) groups excluding carboxylic acids is 1. The Morgan fingerprint density at radius 2 is 2.13 bits per heavy atom. The lowest BCUT2D eigenvalue weighted by Gasteiger charge is -2.20. The Morgan fingerprint density at radius 1 is 1.30 bits per heavy atom. The van der Waals surface area contributed by atoms with Crippen LogP contribution in [0.2, 0.25) is 0 Å². The maximum absolute atomic E-state index is 12.1. The minimum atomic E-state index is -0.0996. The molecule has 2 aromatic rings. The molecule has 0 saturated heterocycles. The van der Waals surface area contributed by atoms with Crippen molar-refractivity contribution in [2.75, 3.05) is 19.6 Å². The number of nitrogens with zero attached hydrogens (tertiary/aromatic N) is 3. The van der Waals surface area contributed by atoms with Crippen LogP contribution in [0.15, 0.2) is 35.3 Å². The van der Waals surface area contributed by atoms with Gasteiger partial charge in [-0.05, 0) is 31.5 Å². The van der Waals surface area contributed by atoms with Crippen molar-refractivity contribution in [3.63, 3.8) is 0 Å².